The van der Waals surface area contributed by atoms with E-state index >= 15 is 0 Å². The first-order chi connectivity index (χ1) is 12.3. The molecular formula is C19H19NO4S. The number of rotatable bonds is 4. The maximum Gasteiger partial charge on any atom is 0.234 e. The normalized spacial score (nSPS) is 19.2. The molecule has 1 atom stereocenters. The van der Waals surface area contributed by atoms with E-state index in [4.69, 9.17) is 14.2 Å². The van der Waals surface area contributed by atoms with Gasteiger partial charge in [0.25, 0.3) is 0 Å². The molecule has 0 aromatic heterocycles. The third kappa shape index (κ3) is 3.14. The number of fused-ring (bicyclic) bond motifs is 1. The molecule has 2 aliphatic heterocycles. The number of benzene rings is 2. The van der Waals surface area contributed by atoms with E-state index < -0.39 is 0 Å². The molecular weight excluding hydrogens is 338 g/mol. The third-order valence-corrected chi connectivity index (χ3v) is 5.61. The second-order valence-corrected chi connectivity index (χ2v) is 6.97. The number of carbonyl (C=O) groups excluding carboxylic acids is 1. The van der Waals surface area contributed by atoms with Crippen LogP contribution in [0.3, 0.4) is 0 Å². The standard InChI is InChI=1S/C19H19NO4S/c1-22-15-5-3-2-4-14(15)11-20-18(21)12-25-19(20)13-6-7-16-17(10-13)24-9-8-23-16/h2-7,10,19H,8-9,11-12H2,1H3. The lowest BCUT2D eigenvalue weighted by atomic mass is 10.1. The maximum absolute atomic E-state index is 12.5. The summed E-state index contributed by atoms with van der Waals surface area (Å²) in [5.41, 5.74) is 2.05. The Morgan fingerprint density at radius 2 is 1.96 bits per heavy atom. The Bertz CT molecular complexity index is 795. The molecule has 25 heavy (non-hydrogen) atoms. The Morgan fingerprint density at radius 1 is 1.16 bits per heavy atom. The number of methoxy groups -OCH3 is 1. The number of thioether (sulfide) groups is 1. The predicted octanol–water partition coefficient (Wildman–Crippen LogP) is 3.24. The molecule has 1 saturated heterocycles. The van der Waals surface area contributed by atoms with Gasteiger partial charge in [-0.05, 0) is 23.8 Å². The van der Waals surface area contributed by atoms with Crippen molar-refractivity contribution in [3.05, 3.63) is 53.6 Å². The summed E-state index contributed by atoms with van der Waals surface area (Å²) in [6.07, 6.45) is 0. The molecule has 2 heterocycles. The van der Waals surface area contributed by atoms with Crippen molar-refractivity contribution in [2.24, 2.45) is 0 Å². The summed E-state index contributed by atoms with van der Waals surface area (Å²) in [5, 5.41) is -0.0340. The van der Waals surface area contributed by atoms with Crippen molar-refractivity contribution < 1.29 is 19.0 Å². The number of carbonyl (C=O) groups is 1. The monoisotopic (exact) mass is 357 g/mol. The van der Waals surface area contributed by atoms with Crippen molar-refractivity contribution in [2.45, 2.75) is 11.9 Å². The lowest BCUT2D eigenvalue weighted by Gasteiger charge is -2.26. The first kappa shape index (κ1) is 16.1. The van der Waals surface area contributed by atoms with Crippen molar-refractivity contribution in [2.75, 3.05) is 26.1 Å². The molecule has 1 amide bonds. The van der Waals surface area contributed by atoms with Gasteiger partial charge < -0.3 is 19.1 Å². The number of nitrogens with zero attached hydrogens (tertiary/aromatic N) is 1. The second-order valence-electron chi connectivity index (χ2n) is 5.90. The van der Waals surface area contributed by atoms with Crippen LogP contribution in [0, 0.1) is 0 Å². The van der Waals surface area contributed by atoms with E-state index in [-0.39, 0.29) is 11.3 Å². The van der Waals surface area contributed by atoms with Crippen molar-refractivity contribution in [1.29, 1.82) is 0 Å². The average Bonchev–Trinajstić information content (AvgIpc) is 3.02. The van der Waals surface area contributed by atoms with E-state index in [1.165, 1.54) is 0 Å². The Balaban J connectivity index is 1.62. The minimum atomic E-state index is -0.0340. The molecule has 2 aromatic rings. The van der Waals surface area contributed by atoms with Gasteiger partial charge >= 0.3 is 0 Å². The Kier molecular flexibility index (Phi) is 4.44. The topological polar surface area (TPSA) is 48.0 Å². The highest BCUT2D eigenvalue weighted by molar-refractivity contribution is 8.00. The predicted molar refractivity (Wildman–Crippen MR) is 96.2 cm³/mol. The zero-order chi connectivity index (χ0) is 17.2. The molecule has 4 rings (SSSR count). The van der Waals surface area contributed by atoms with Crippen molar-refractivity contribution in [3.63, 3.8) is 0 Å². The van der Waals surface area contributed by atoms with Gasteiger partial charge in [0.15, 0.2) is 11.5 Å². The first-order valence-electron chi connectivity index (χ1n) is 8.19. The Labute approximate surface area is 150 Å². The summed E-state index contributed by atoms with van der Waals surface area (Å²) in [6, 6.07) is 13.7. The third-order valence-electron chi connectivity index (χ3n) is 4.35. The van der Waals surface area contributed by atoms with Crippen LogP contribution in [0.1, 0.15) is 16.5 Å². The van der Waals surface area contributed by atoms with Crippen LogP contribution in [0.2, 0.25) is 0 Å². The Morgan fingerprint density at radius 3 is 2.80 bits per heavy atom. The van der Waals surface area contributed by atoms with E-state index in [2.05, 4.69) is 0 Å². The van der Waals surface area contributed by atoms with Gasteiger partial charge in [-0.15, -0.1) is 11.8 Å². The second kappa shape index (κ2) is 6.88. The summed E-state index contributed by atoms with van der Waals surface area (Å²) in [5.74, 6) is 2.93. The van der Waals surface area contributed by atoms with Crippen LogP contribution in [-0.2, 0) is 11.3 Å². The number of amides is 1. The van der Waals surface area contributed by atoms with Gasteiger partial charge in [0, 0.05) is 5.56 Å². The molecule has 0 bridgehead atoms. The van der Waals surface area contributed by atoms with Gasteiger partial charge in [-0.3, -0.25) is 4.79 Å². The van der Waals surface area contributed by atoms with Crippen LogP contribution in [-0.4, -0.2) is 36.9 Å². The van der Waals surface area contributed by atoms with Gasteiger partial charge in [-0.25, -0.2) is 0 Å². The lowest BCUT2D eigenvalue weighted by molar-refractivity contribution is -0.128. The highest BCUT2D eigenvalue weighted by Crippen LogP contribution is 2.43. The molecule has 1 unspecified atom stereocenters. The zero-order valence-corrected chi connectivity index (χ0v) is 14.8. The van der Waals surface area contributed by atoms with Crippen LogP contribution in [0.25, 0.3) is 0 Å². The van der Waals surface area contributed by atoms with E-state index in [0.717, 1.165) is 28.4 Å². The molecule has 0 radical (unpaired) electrons. The highest BCUT2D eigenvalue weighted by Gasteiger charge is 2.34. The van der Waals surface area contributed by atoms with Gasteiger partial charge in [0.05, 0.1) is 19.4 Å². The molecule has 6 heteroatoms. The van der Waals surface area contributed by atoms with E-state index in [1.54, 1.807) is 18.9 Å². The molecule has 0 spiro atoms. The SMILES string of the molecule is COc1ccccc1CN1C(=O)CSC1c1ccc2c(c1)OCCO2. The van der Waals surface area contributed by atoms with Crippen molar-refractivity contribution in [1.82, 2.24) is 4.90 Å². The van der Waals surface area contributed by atoms with Crippen LogP contribution in [0.4, 0.5) is 0 Å². The molecule has 2 aromatic carbocycles. The number of ether oxygens (including phenoxy) is 3. The van der Waals surface area contributed by atoms with Crippen LogP contribution in [0.15, 0.2) is 42.5 Å². The Hall–Kier alpha value is -2.34. The van der Waals surface area contributed by atoms with Crippen molar-refractivity contribution >= 4 is 17.7 Å². The molecule has 130 valence electrons. The minimum absolute atomic E-state index is 0.0340. The smallest absolute Gasteiger partial charge is 0.234 e. The van der Waals surface area contributed by atoms with Crippen molar-refractivity contribution in [3.8, 4) is 17.2 Å². The fourth-order valence-corrected chi connectivity index (χ4v) is 4.31. The molecule has 2 aliphatic rings. The number of hydrogen-bond acceptors (Lipinski definition) is 5. The average molecular weight is 357 g/mol. The first-order valence-corrected chi connectivity index (χ1v) is 9.23. The largest absolute Gasteiger partial charge is 0.496 e. The summed E-state index contributed by atoms with van der Waals surface area (Å²) < 4.78 is 16.7. The zero-order valence-electron chi connectivity index (χ0n) is 13.9. The van der Waals surface area contributed by atoms with Crippen LogP contribution >= 0.6 is 11.8 Å². The van der Waals surface area contributed by atoms with E-state index in [9.17, 15) is 4.79 Å². The fourth-order valence-electron chi connectivity index (χ4n) is 3.13. The quantitative estimate of drug-likeness (QED) is 0.841. The van der Waals surface area contributed by atoms with Gasteiger partial charge in [0.1, 0.15) is 24.3 Å². The molecule has 0 saturated carbocycles. The summed E-state index contributed by atoms with van der Waals surface area (Å²) in [6.45, 7) is 1.65. The number of para-hydroxylation sites is 1. The van der Waals surface area contributed by atoms with Gasteiger partial charge in [-0.1, -0.05) is 24.3 Å². The molecule has 1 fully saturated rings. The fraction of sp³-hybridized carbons (Fsp3) is 0.316. The summed E-state index contributed by atoms with van der Waals surface area (Å²) in [4.78, 5) is 14.4. The van der Waals surface area contributed by atoms with E-state index in [0.29, 0.717) is 25.5 Å². The summed E-state index contributed by atoms with van der Waals surface area (Å²) >= 11 is 1.63. The van der Waals surface area contributed by atoms with Crippen LogP contribution < -0.4 is 14.2 Å². The molecule has 0 N–H and O–H groups in total. The molecule has 5 nitrogen and oxygen atoms in total. The highest BCUT2D eigenvalue weighted by atomic mass is 32.2. The van der Waals surface area contributed by atoms with E-state index in [1.807, 2.05) is 47.4 Å². The molecule has 0 aliphatic carbocycles. The maximum atomic E-state index is 12.5. The lowest BCUT2D eigenvalue weighted by Crippen LogP contribution is -2.28. The number of hydrogen-bond donors (Lipinski definition) is 0. The van der Waals surface area contributed by atoms with Gasteiger partial charge in [0.2, 0.25) is 5.91 Å². The van der Waals surface area contributed by atoms with Crippen LogP contribution in [0.5, 0.6) is 17.2 Å². The van der Waals surface area contributed by atoms with Gasteiger partial charge in [-0.2, -0.15) is 0 Å². The minimum Gasteiger partial charge on any atom is -0.496 e. The summed E-state index contributed by atoms with van der Waals surface area (Å²) in [7, 11) is 1.65.